The quantitative estimate of drug-likeness (QED) is 0.584. The van der Waals surface area contributed by atoms with Crippen LogP contribution in [0.5, 0.6) is 0 Å². The molecular weight excluding hydrogens is 402 g/mol. The molecule has 1 amide bonds. The molecule has 4 rings (SSSR count). The molecule has 9 heteroatoms. The van der Waals surface area contributed by atoms with Crippen LogP contribution in [0.25, 0.3) is 0 Å². The second-order valence-electron chi connectivity index (χ2n) is 7.41. The number of nitrogens with zero attached hydrogens (tertiary/aromatic N) is 4. The van der Waals surface area contributed by atoms with E-state index in [4.69, 9.17) is 17.3 Å². The van der Waals surface area contributed by atoms with Crippen molar-refractivity contribution in [1.29, 1.82) is 0 Å². The average molecular weight is 426 g/mol. The minimum Gasteiger partial charge on any atom is -0.478 e. The van der Waals surface area contributed by atoms with E-state index in [1.807, 2.05) is 33.9 Å². The Hall–Kier alpha value is -3.20. The van der Waals surface area contributed by atoms with Crippen LogP contribution in [0.15, 0.2) is 48.8 Å². The van der Waals surface area contributed by atoms with Gasteiger partial charge in [0, 0.05) is 18.3 Å². The second-order valence-corrected chi connectivity index (χ2v) is 7.77. The predicted molar refractivity (Wildman–Crippen MR) is 114 cm³/mol. The summed E-state index contributed by atoms with van der Waals surface area (Å²) in [5, 5.41) is 16.7. The molecule has 0 radical (unpaired) electrons. The fraction of sp³-hybridized carbons (Fsp3) is 0.333. The number of carboxylic acid groups (broad SMARTS) is 1. The van der Waals surface area contributed by atoms with Crippen molar-refractivity contribution < 1.29 is 14.7 Å². The highest BCUT2D eigenvalue weighted by atomic mass is 32.1. The average Bonchev–Trinajstić information content (AvgIpc) is 3.37. The predicted octanol–water partition coefficient (Wildman–Crippen LogP) is 3.91. The van der Waals surface area contributed by atoms with Crippen LogP contribution in [0.2, 0.25) is 0 Å². The van der Waals surface area contributed by atoms with Crippen molar-refractivity contribution in [2.45, 2.75) is 44.6 Å². The Kier molecular flexibility index (Phi) is 5.80. The number of hydrogen-bond donors (Lipinski definition) is 2. The summed E-state index contributed by atoms with van der Waals surface area (Å²) in [7, 11) is 0. The van der Waals surface area contributed by atoms with Gasteiger partial charge in [0.2, 0.25) is 10.7 Å². The van der Waals surface area contributed by atoms with E-state index in [1.165, 1.54) is 17.2 Å². The molecule has 1 saturated carbocycles. The lowest BCUT2D eigenvalue weighted by molar-refractivity contribution is -0.116. The van der Waals surface area contributed by atoms with Crippen LogP contribution in [0.1, 0.15) is 54.2 Å². The molecule has 2 heterocycles. The summed E-state index contributed by atoms with van der Waals surface area (Å²) in [5.41, 5.74) is 0.286. The van der Waals surface area contributed by atoms with E-state index < -0.39 is 5.97 Å². The molecule has 0 saturated heterocycles. The Morgan fingerprint density at radius 2 is 1.80 bits per heavy atom. The van der Waals surface area contributed by atoms with Gasteiger partial charge in [0.25, 0.3) is 0 Å². The van der Waals surface area contributed by atoms with E-state index in [1.54, 1.807) is 18.2 Å². The summed E-state index contributed by atoms with van der Waals surface area (Å²) >= 11 is 5.65. The van der Waals surface area contributed by atoms with E-state index in [-0.39, 0.29) is 23.7 Å². The molecule has 30 heavy (non-hydrogen) atoms. The first-order chi connectivity index (χ1) is 14.5. The Morgan fingerprint density at radius 1 is 1.10 bits per heavy atom. The normalized spacial score (nSPS) is 14.5. The number of nitrogens with one attached hydrogen (secondary N) is 1. The van der Waals surface area contributed by atoms with Gasteiger partial charge in [-0.1, -0.05) is 31.4 Å². The minimum absolute atomic E-state index is 0.0372. The number of hydrogen-bond acceptors (Lipinski definition) is 4. The van der Waals surface area contributed by atoms with Crippen LogP contribution in [-0.2, 0) is 11.3 Å². The zero-order valence-corrected chi connectivity index (χ0v) is 17.2. The molecule has 0 aliphatic heterocycles. The monoisotopic (exact) mass is 425 g/mol. The topological polar surface area (TPSA) is 94.1 Å². The van der Waals surface area contributed by atoms with Gasteiger partial charge >= 0.3 is 5.97 Å². The fourth-order valence-electron chi connectivity index (χ4n) is 3.91. The van der Waals surface area contributed by atoms with Gasteiger partial charge in [-0.3, -0.25) is 9.47 Å². The summed E-state index contributed by atoms with van der Waals surface area (Å²) in [5.74, 6) is -0.333. The smallest absolute Gasteiger partial charge is 0.337 e. The zero-order chi connectivity index (χ0) is 21.1. The molecular formula is C21H23N5O3S. The molecule has 156 valence electrons. The van der Waals surface area contributed by atoms with Crippen LogP contribution in [0.4, 0.5) is 5.69 Å². The summed E-state index contributed by atoms with van der Waals surface area (Å²) in [6.07, 6.45) is 9.43. The molecule has 1 aliphatic rings. The van der Waals surface area contributed by atoms with Crippen molar-refractivity contribution >= 4 is 29.8 Å². The van der Waals surface area contributed by atoms with Crippen LogP contribution in [0.3, 0.4) is 0 Å². The van der Waals surface area contributed by atoms with Gasteiger partial charge in [0.05, 0.1) is 11.3 Å². The Bertz CT molecular complexity index is 1110. The van der Waals surface area contributed by atoms with Crippen LogP contribution >= 0.6 is 12.2 Å². The zero-order valence-electron chi connectivity index (χ0n) is 16.4. The highest BCUT2D eigenvalue weighted by Crippen LogP contribution is 2.32. The third-order valence-electron chi connectivity index (χ3n) is 5.36. The highest BCUT2D eigenvalue weighted by molar-refractivity contribution is 7.71. The van der Waals surface area contributed by atoms with Crippen LogP contribution in [-0.4, -0.2) is 36.1 Å². The maximum absolute atomic E-state index is 12.7. The third kappa shape index (κ3) is 4.06. The van der Waals surface area contributed by atoms with Crippen molar-refractivity contribution in [3.63, 3.8) is 0 Å². The minimum atomic E-state index is -1.10. The Labute approximate surface area is 178 Å². The van der Waals surface area contributed by atoms with Gasteiger partial charge in [0.1, 0.15) is 6.54 Å². The van der Waals surface area contributed by atoms with Crippen molar-refractivity contribution in [2.75, 3.05) is 5.32 Å². The van der Waals surface area contributed by atoms with Gasteiger partial charge in [-0.2, -0.15) is 5.10 Å². The van der Waals surface area contributed by atoms with E-state index in [2.05, 4.69) is 5.32 Å². The Balaban J connectivity index is 1.62. The summed E-state index contributed by atoms with van der Waals surface area (Å²) in [4.78, 5) is 24.0. The van der Waals surface area contributed by atoms with E-state index in [0.29, 0.717) is 10.7 Å². The number of amides is 1. The molecule has 0 bridgehead atoms. The molecule has 2 N–H and O–H groups in total. The number of aromatic carboxylic acids is 1. The number of carbonyl (C=O) groups is 2. The van der Waals surface area contributed by atoms with E-state index >= 15 is 0 Å². The molecule has 1 aromatic carbocycles. The van der Waals surface area contributed by atoms with Crippen LogP contribution in [0, 0.1) is 4.77 Å². The van der Waals surface area contributed by atoms with Gasteiger partial charge in [-0.25, -0.2) is 14.2 Å². The third-order valence-corrected chi connectivity index (χ3v) is 5.74. The molecule has 0 spiro atoms. The van der Waals surface area contributed by atoms with Crippen molar-refractivity contribution in [3.8, 4) is 0 Å². The molecule has 3 aromatic rings. The first-order valence-electron chi connectivity index (χ1n) is 10.00. The maximum atomic E-state index is 12.7. The molecule has 8 nitrogen and oxygen atoms in total. The molecule has 0 unspecified atom stereocenters. The summed E-state index contributed by atoms with van der Waals surface area (Å²) in [6, 6.07) is 10.1. The number of para-hydroxylation sites is 1. The fourth-order valence-corrected chi connectivity index (χ4v) is 4.21. The van der Waals surface area contributed by atoms with Crippen molar-refractivity contribution in [1.82, 2.24) is 19.1 Å². The second kappa shape index (κ2) is 8.66. The molecule has 2 aromatic heterocycles. The SMILES string of the molecule is O=C(Cn1nc(C2CCCCC2)n(-n2cccc2)c1=S)Nc1ccccc1C(=O)O. The summed E-state index contributed by atoms with van der Waals surface area (Å²) in [6.45, 7) is -0.0965. The van der Waals surface area contributed by atoms with Gasteiger partial charge in [-0.15, -0.1) is 0 Å². The Morgan fingerprint density at radius 3 is 2.50 bits per heavy atom. The number of benzene rings is 1. The van der Waals surface area contributed by atoms with Gasteiger partial charge in [0.15, 0.2) is 5.82 Å². The lowest BCUT2D eigenvalue weighted by Gasteiger charge is -2.21. The molecule has 0 atom stereocenters. The van der Waals surface area contributed by atoms with Crippen LogP contribution < -0.4 is 5.32 Å². The standard InChI is InChI=1S/C21H23N5O3S/c27-18(22-17-11-5-4-10-16(17)20(28)29)14-25-21(30)26(24-12-6-7-13-24)19(23-25)15-8-2-1-3-9-15/h4-7,10-13,15H,1-3,8-9,14H2,(H,22,27)(H,28,29). The largest absolute Gasteiger partial charge is 0.478 e. The van der Waals surface area contributed by atoms with Crippen molar-refractivity contribution in [2.24, 2.45) is 0 Å². The first kappa shape index (κ1) is 20.1. The van der Waals surface area contributed by atoms with Gasteiger partial charge < -0.3 is 10.4 Å². The highest BCUT2D eigenvalue weighted by Gasteiger charge is 2.24. The lowest BCUT2D eigenvalue weighted by Crippen LogP contribution is -2.21. The number of aromatic nitrogens is 4. The number of carboxylic acids is 1. The molecule has 1 aliphatic carbocycles. The number of anilines is 1. The van der Waals surface area contributed by atoms with Gasteiger partial charge in [-0.05, 0) is 49.3 Å². The summed E-state index contributed by atoms with van der Waals surface area (Å²) < 4.78 is 5.70. The maximum Gasteiger partial charge on any atom is 0.337 e. The lowest BCUT2D eigenvalue weighted by atomic mass is 9.89. The van der Waals surface area contributed by atoms with E-state index in [9.17, 15) is 14.7 Å². The first-order valence-corrected chi connectivity index (χ1v) is 10.4. The van der Waals surface area contributed by atoms with E-state index in [0.717, 1.165) is 31.5 Å². The number of carbonyl (C=O) groups excluding carboxylic acids is 1. The number of rotatable bonds is 6. The molecule has 1 fully saturated rings. The van der Waals surface area contributed by atoms with Crippen molar-refractivity contribution in [3.05, 3.63) is 65.0 Å².